The van der Waals surface area contributed by atoms with Gasteiger partial charge < -0.3 is 15.5 Å². The predicted octanol–water partition coefficient (Wildman–Crippen LogP) is 5.68. The van der Waals surface area contributed by atoms with Crippen molar-refractivity contribution in [3.05, 3.63) is 0 Å². The Morgan fingerprint density at radius 3 is 1.48 bits per heavy atom. The lowest BCUT2D eigenvalue weighted by Gasteiger charge is -2.03. The molecule has 1 aliphatic heterocycles. The summed E-state index contributed by atoms with van der Waals surface area (Å²) in [6.07, 6.45) is 21.0. The number of unbranched alkanes of at least 4 members (excludes halogenated alkanes) is 14. The third-order valence-corrected chi connectivity index (χ3v) is 5.29. The Labute approximate surface area is 176 Å². The van der Waals surface area contributed by atoms with E-state index in [1.165, 1.54) is 83.5 Å². The quantitative estimate of drug-likeness (QED) is 0.266. The largest absolute Gasteiger partial charge is 0.481 e. The van der Waals surface area contributed by atoms with Gasteiger partial charge in [-0.05, 0) is 12.8 Å². The molecule has 170 valence electrons. The molecule has 0 aliphatic carbocycles. The molecule has 0 aromatic carbocycles. The number of carbonyl (C=O) groups is 3. The lowest BCUT2D eigenvalue weighted by atomic mass is 10.0. The standard InChI is InChI=1S/C18H36O2.C5H7NO3/c1-2-3-4-5-6-7-8-9-10-11-12-13-14-15-16-17-18(19)20;7-4-2-1-3(6-4)5(8)9/h2-17H2,1H3,(H,19,20);3H,1-2H2,(H,6,7)(H,8,9)/t;3-/m.0/s1. The van der Waals surface area contributed by atoms with Crippen molar-refractivity contribution in [2.24, 2.45) is 0 Å². The van der Waals surface area contributed by atoms with Crippen LogP contribution in [0, 0.1) is 0 Å². The van der Waals surface area contributed by atoms with Crippen LogP contribution in [0.25, 0.3) is 0 Å². The van der Waals surface area contributed by atoms with Crippen molar-refractivity contribution in [3.8, 4) is 0 Å². The van der Waals surface area contributed by atoms with Gasteiger partial charge in [0.2, 0.25) is 5.91 Å². The first-order valence-corrected chi connectivity index (χ1v) is 11.7. The van der Waals surface area contributed by atoms with Gasteiger partial charge >= 0.3 is 11.9 Å². The summed E-state index contributed by atoms with van der Waals surface area (Å²) in [5, 5.41) is 19.1. The maximum absolute atomic E-state index is 10.4. The second kappa shape index (κ2) is 19.7. The normalized spacial score (nSPS) is 15.5. The van der Waals surface area contributed by atoms with Crippen LogP contribution in [-0.2, 0) is 14.4 Å². The van der Waals surface area contributed by atoms with Crippen LogP contribution in [0.4, 0.5) is 0 Å². The van der Waals surface area contributed by atoms with Gasteiger partial charge in [0.1, 0.15) is 6.04 Å². The van der Waals surface area contributed by atoms with Crippen molar-refractivity contribution in [2.75, 3.05) is 0 Å². The third kappa shape index (κ3) is 19.5. The SMILES string of the molecule is CCCCCCCCCCCCCCCCCC(=O)O.O=C1CC[C@@H](C(=O)O)N1. The summed E-state index contributed by atoms with van der Waals surface area (Å²) < 4.78 is 0. The minimum atomic E-state index is -0.944. The number of aliphatic carboxylic acids is 2. The molecular weight excluding hydrogens is 370 g/mol. The molecule has 1 fully saturated rings. The average molecular weight is 414 g/mol. The number of hydrogen-bond acceptors (Lipinski definition) is 3. The monoisotopic (exact) mass is 413 g/mol. The highest BCUT2D eigenvalue weighted by atomic mass is 16.4. The fraction of sp³-hybridized carbons (Fsp3) is 0.870. The zero-order chi connectivity index (χ0) is 21.7. The number of carboxylic acids is 2. The zero-order valence-electron chi connectivity index (χ0n) is 18.4. The highest BCUT2D eigenvalue weighted by molar-refractivity contribution is 5.87. The van der Waals surface area contributed by atoms with Crippen molar-refractivity contribution >= 4 is 17.8 Å². The third-order valence-electron chi connectivity index (χ3n) is 5.29. The van der Waals surface area contributed by atoms with Gasteiger partial charge in [0, 0.05) is 12.8 Å². The molecule has 1 saturated heterocycles. The van der Waals surface area contributed by atoms with E-state index in [9.17, 15) is 14.4 Å². The number of hydrogen-bond donors (Lipinski definition) is 3. The van der Waals surface area contributed by atoms with Crippen LogP contribution in [0.2, 0.25) is 0 Å². The lowest BCUT2D eigenvalue weighted by molar-refractivity contribution is -0.140. The van der Waals surface area contributed by atoms with Crippen molar-refractivity contribution in [2.45, 2.75) is 129 Å². The van der Waals surface area contributed by atoms with E-state index in [0.29, 0.717) is 19.3 Å². The highest BCUT2D eigenvalue weighted by Gasteiger charge is 2.26. The van der Waals surface area contributed by atoms with Crippen LogP contribution in [0.1, 0.15) is 122 Å². The summed E-state index contributed by atoms with van der Waals surface area (Å²) in [4.78, 5) is 30.8. The second-order valence-electron chi connectivity index (χ2n) is 8.09. The topological polar surface area (TPSA) is 104 Å². The zero-order valence-corrected chi connectivity index (χ0v) is 18.4. The second-order valence-corrected chi connectivity index (χ2v) is 8.09. The molecule has 1 rings (SSSR count). The van der Waals surface area contributed by atoms with E-state index in [2.05, 4.69) is 12.2 Å². The Kier molecular flexibility index (Phi) is 18.6. The molecule has 0 saturated carbocycles. The van der Waals surface area contributed by atoms with Crippen molar-refractivity contribution in [1.29, 1.82) is 0 Å². The minimum absolute atomic E-state index is 0.164. The van der Waals surface area contributed by atoms with E-state index in [0.717, 1.165) is 12.8 Å². The van der Waals surface area contributed by atoms with Crippen molar-refractivity contribution in [3.63, 3.8) is 0 Å². The molecule has 0 aromatic heterocycles. The van der Waals surface area contributed by atoms with Crippen molar-refractivity contribution < 1.29 is 24.6 Å². The Bertz CT molecular complexity index is 439. The first-order valence-electron chi connectivity index (χ1n) is 11.7. The molecule has 6 heteroatoms. The van der Waals surface area contributed by atoms with Crippen molar-refractivity contribution in [1.82, 2.24) is 5.32 Å². The van der Waals surface area contributed by atoms with Gasteiger partial charge in [0.25, 0.3) is 0 Å². The summed E-state index contributed by atoms with van der Waals surface area (Å²) in [6.45, 7) is 2.27. The van der Waals surface area contributed by atoms with E-state index in [1.54, 1.807) is 0 Å². The molecule has 1 atom stereocenters. The molecule has 1 amide bonds. The van der Waals surface area contributed by atoms with Gasteiger partial charge in [-0.3, -0.25) is 9.59 Å². The molecule has 1 heterocycles. The van der Waals surface area contributed by atoms with Gasteiger partial charge in [-0.1, -0.05) is 96.8 Å². The fourth-order valence-corrected chi connectivity index (χ4v) is 3.45. The van der Waals surface area contributed by atoms with E-state index in [4.69, 9.17) is 10.2 Å². The van der Waals surface area contributed by atoms with Gasteiger partial charge in [-0.2, -0.15) is 0 Å². The smallest absolute Gasteiger partial charge is 0.326 e. The maximum atomic E-state index is 10.4. The summed E-state index contributed by atoms with van der Waals surface area (Å²) in [5.74, 6) is -1.76. The summed E-state index contributed by atoms with van der Waals surface area (Å²) in [6, 6.07) is -0.641. The van der Waals surface area contributed by atoms with Gasteiger partial charge in [-0.25, -0.2) is 4.79 Å². The fourth-order valence-electron chi connectivity index (χ4n) is 3.45. The highest BCUT2D eigenvalue weighted by Crippen LogP contribution is 2.13. The number of amides is 1. The molecule has 3 N–H and O–H groups in total. The van der Waals surface area contributed by atoms with Crippen LogP contribution < -0.4 is 5.32 Å². The Balaban J connectivity index is 0.000000717. The van der Waals surface area contributed by atoms with Crippen LogP contribution in [0.15, 0.2) is 0 Å². The van der Waals surface area contributed by atoms with Gasteiger partial charge in [0.05, 0.1) is 0 Å². The molecule has 6 nitrogen and oxygen atoms in total. The molecule has 0 aromatic rings. The summed E-state index contributed by atoms with van der Waals surface area (Å²) in [5.41, 5.74) is 0. The van der Waals surface area contributed by atoms with E-state index in [-0.39, 0.29) is 5.91 Å². The van der Waals surface area contributed by atoms with Crippen LogP contribution in [0.5, 0.6) is 0 Å². The number of carboxylic acid groups (broad SMARTS) is 2. The minimum Gasteiger partial charge on any atom is -0.481 e. The van der Waals surface area contributed by atoms with Crippen LogP contribution >= 0.6 is 0 Å². The lowest BCUT2D eigenvalue weighted by Crippen LogP contribution is -2.32. The summed E-state index contributed by atoms with van der Waals surface area (Å²) >= 11 is 0. The van der Waals surface area contributed by atoms with Gasteiger partial charge in [-0.15, -0.1) is 0 Å². The first-order chi connectivity index (χ1) is 14.0. The molecule has 0 radical (unpaired) electrons. The number of carbonyl (C=O) groups excluding carboxylic acids is 1. The Morgan fingerprint density at radius 2 is 1.21 bits per heavy atom. The van der Waals surface area contributed by atoms with Crippen LogP contribution in [-0.4, -0.2) is 34.1 Å². The predicted molar refractivity (Wildman–Crippen MR) is 116 cm³/mol. The van der Waals surface area contributed by atoms with E-state index < -0.39 is 18.0 Å². The molecule has 29 heavy (non-hydrogen) atoms. The number of nitrogens with one attached hydrogen (secondary N) is 1. The molecular formula is C23H43NO5. The Hall–Kier alpha value is -1.59. The summed E-state index contributed by atoms with van der Waals surface area (Å²) in [7, 11) is 0. The first kappa shape index (κ1) is 27.4. The molecule has 1 aliphatic rings. The van der Waals surface area contributed by atoms with E-state index in [1.807, 2.05) is 0 Å². The molecule has 0 spiro atoms. The van der Waals surface area contributed by atoms with Crippen LogP contribution in [0.3, 0.4) is 0 Å². The van der Waals surface area contributed by atoms with E-state index >= 15 is 0 Å². The number of rotatable bonds is 17. The maximum Gasteiger partial charge on any atom is 0.326 e. The average Bonchev–Trinajstić information content (AvgIpc) is 3.12. The van der Waals surface area contributed by atoms with Gasteiger partial charge in [0.15, 0.2) is 0 Å². The molecule has 0 bridgehead atoms. The Morgan fingerprint density at radius 1 is 0.793 bits per heavy atom. The molecule has 0 unspecified atom stereocenters.